The summed E-state index contributed by atoms with van der Waals surface area (Å²) >= 11 is 0. The molecule has 2 aromatic rings. The van der Waals surface area contributed by atoms with Crippen molar-refractivity contribution in [1.82, 2.24) is 15.2 Å². The highest BCUT2D eigenvalue weighted by atomic mass is 19.1. The van der Waals surface area contributed by atoms with Gasteiger partial charge in [0, 0.05) is 25.5 Å². The summed E-state index contributed by atoms with van der Waals surface area (Å²) in [4.78, 5) is 18.4. The summed E-state index contributed by atoms with van der Waals surface area (Å²) in [5, 5.41) is 6.07. The van der Waals surface area contributed by atoms with Gasteiger partial charge < -0.3 is 15.5 Å². The highest BCUT2D eigenvalue weighted by Gasteiger charge is 2.07. The SMILES string of the molecule is CN(C)CCCNc1cncc(C(=O)NCCc2ccccc2F)c1. The van der Waals surface area contributed by atoms with Crippen molar-refractivity contribution in [3.8, 4) is 0 Å². The molecule has 0 fully saturated rings. The van der Waals surface area contributed by atoms with Crippen LogP contribution in [0.3, 0.4) is 0 Å². The number of aromatic nitrogens is 1. The molecule has 134 valence electrons. The Morgan fingerprint density at radius 1 is 1.20 bits per heavy atom. The van der Waals surface area contributed by atoms with Gasteiger partial charge in [0.1, 0.15) is 5.82 Å². The molecular weight excluding hydrogens is 319 g/mol. The van der Waals surface area contributed by atoms with Crippen molar-refractivity contribution in [1.29, 1.82) is 0 Å². The maximum atomic E-state index is 13.6. The van der Waals surface area contributed by atoms with Crippen LogP contribution in [0.4, 0.5) is 10.1 Å². The molecule has 1 aromatic carbocycles. The van der Waals surface area contributed by atoms with Crippen molar-refractivity contribution in [2.24, 2.45) is 0 Å². The lowest BCUT2D eigenvalue weighted by molar-refractivity contribution is 0.0953. The van der Waals surface area contributed by atoms with Crippen LogP contribution in [0.25, 0.3) is 0 Å². The summed E-state index contributed by atoms with van der Waals surface area (Å²) in [7, 11) is 4.07. The maximum Gasteiger partial charge on any atom is 0.252 e. The molecule has 0 saturated carbocycles. The summed E-state index contributed by atoms with van der Waals surface area (Å²) in [6, 6.07) is 8.37. The van der Waals surface area contributed by atoms with E-state index in [4.69, 9.17) is 0 Å². The number of anilines is 1. The van der Waals surface area contributed by atoms with Crippen molar-refractivity contribution in [2.45, 2.75) is 12.8 Å². The fourth-order valence-electron chi connectivity index (χ4n) is 2.40. The van der Waals surface area contributed by atoms with E-state index in [1.165, 1.54) is 12.3 Å². The van der Waals surface area contributed by atoms with Gasteiger partial charge >= 0.3 is 0 Å². The number of hydrogen-bond acceptors (Lipinski definition) is 4. The Labute approximate surface area is 148 Å². The van der Waals surface area contributed by atoms with E-state index in [0.717, 1.165) is 25.2 Å². The van der Waals surface area contributed by atoms with Gasteiger partial charge in [0.25, 0.3) is 5.91 Å². The van der Waals surface area contributed by atoms with E-state index in [9.17, 15) is 9.18 Å². The van der Waals surface area contributed by atoms with Gasteiger partial charge in [-0.3, -0.25) is 9.78 Å². The number of amides is 1. The highest BCUT2D eigenvalue weighted by Crippen LogP contribution is 2.09. The Kier molecular flexibility index (Phi) is 7.35. The van der Waals surface area contributed by atoms with E-state index in [1.807, 2.05) is 14.1 Å². The second kappa shape index (κ2) is 9.74. The molecule has 2 N–H and O–H groups in total. The van der Waals surface area contributed by atoms with Gasteiger partial charge in [-0.1, -0.05) is 18.2 Å². The molecule has 0 aliphatic heterocycles. The zero-order chi connectivity index (χ0) is 18.1. The summed E-state index contributed by atoms with van der Waals surface area (Å²) in [6.07, 6.45) is 4.69. The molecule has 5 nitrogen and oxygen atoms in total. The average molecular weight is 344 g/mol. The number of nitrogens with zero attached hydrogens (tertiary/aromatic N) is 2. The monoisotopic (exact) mass is 344 g/mol. The van der Waals surface area contributed by atoms with E-state index in [1.54, 1.807) is 30.5 Å². The molecule has 1 heterocycles. The van der Waals surface area contributed by atoms with Crippen LogP contribution in [0.15, 0.2) is 42.7 Å². The topological polar surface area (TPSA) is 57.3 Å². The third-order valence-corrected chi connectivity index (χ3v) is 3.75. The van der Waals surface area contributed by atoms with Gasteiger partial charge in [-0.05, 0) is 51.2 Å². The van der Waals surface area contributed by atoms with Gasteiger partial charge in [0.05, 0.1) is 11.3 Å². The number of carbonyl (C=O) groups excluding carboxylic acids is 1. The predicted molar refractivity (Wildman–Crippen MR) is 98.3 cm³/mol. The Balaban J connectivity index is 1.81. The van der Waals surface area contributed by atoms with E-state index < -0.39 is 0 Å². The minimum atomic E-state index is -0.248. The van der Waals surface area contributed by atoms with Crippen LogP contribution in [0.2, 0.25) is 0 Å². The van der Waals surface area contributed by atoms with Gasteiger partial charge in [-0.2, -0.15) is 0 Å². The molecule has 0 aliphatic carbocycles. The molecule has 0 radical (unpaired) electrons. The number of carbonyl (C=O) groups is 1. The zero-order valence-electron chi connectivity index (χ0n) is 14.8. The highest BCUT2D eigenvalue weighted by molar-refractivity contribution is 5.94. The molecular formula is C19H25FN4O. The minimum Gasteiger partial charge on any atom is -0.384 e. The fraction of sp³-hybridized carbons (Fsp3) is 0.368. The molecule has 0 bridgehead atoms. The third-order valence-electron chi connectivity index (χ3n) is 3.75. The molecule has 1 aromatic heterocycles. The minimum absolute atomic E-state index is 0.208. The average Bonchev–Trinajstić information content (AvgIpc) is 2.60. The number of benzene rings is 1. The molecule has 0 unspecified atom stereocenters. The lowest BCUT2D eigenvalue weighted by Crippen LogP contribution is -2.26. The lowest BCUT2D eigenvalue weighted by Gasteiger charge is -2.11. The fourth-order valence-corrected chi connectivity index (χ4v) is 2.40. The number of nitrogens with one attached hydrogen (secondary N) is 2. The van der Waals surface area contributed by atoms with E-state index in [0.29, 0.717) is 24.1 Å². The van der Waals surface area contributed by atoms with Gasteiger partial charge in [-0.15, -0.1) is 0 Å². The summed E-state index contributed by atoms with van der Waals surface area (Å²) < 4.78 is 13.6. The first-order valence-corrected chi connectivity index (χ1v) is 8.41. The molecule has 25 heavy (non-hydrogen) atoms. The second-order valence-electron chi connectivity index (χ2n) is 6.14. The van der Waals surface area contributed by atoms with Crippen LogP contribution in [0.5, 0.6) is 0 Å². The van der Waals surface area contributed by atoms with Crippen LogP contribution >= 0.6 is 0 Å². The van der Waals surface area contributed by atoms with Gasteiger partial charge in [0.15, 0.2) is 0 Å². The summed E-state index contributed by atoms with van der Waals surface area (Å²) in [6.45, 7) is 2.19. The van der Waals surface area contributed by atoms with E-state index in [2.05, 4.69) is 20.5 Å². The van der Waals surface area contributed by atoms with Crippen molar-refractivity contribution in [2.75, 3.05) is 39.0 Å². The van der Waals surface area contributed by atoms with Gasteiger partial charge in [0.2, 0.25) is 0 Å². The molecule has 0 atom stereocenters. The van der Waals surface area contributed by atoms with Gasteiger partial charge in [-0.25, -0.2) is 4.39 Å². The maximum absolute atomic E-state index is 13.6. The zero-order valence-corrected chi connectivity index (χ0v) is 14.8. The number of pyridine rings is 1. The number of hydrogen-bond donors (Lipinski definition) is 2. The molecule has 0 aliphatic rings. The number of halogens is 1. The molecule has 0 saturated heterocycles. The molecule has 0 spiro atoms. The van der Waals surface area contributed by atoms with Crippen molar-refractivity contribution in [3.63, 3.8) is 0 Å². The van der Waals surface area contributed by atoms with Crippen LogP contribution in [-0.4, -0.2) is 49.5 Å². The first-order chi connectivity index (χ1) is 12.1. The Bertz CT molecular complexity index is 691. The quantitative estimate of drug-likeness (QED) is 0.687. The lowest BCUT2D eigenvalue weighted by atomic mass is 10.1. The van der Waals surface area contributed by atoms with Crippen LogP contribution < -0.4 is 10.6 Å². The summed E-state index contributed by atoms with van der Waals surface area (Å²) in [5.41, 5.74) is 1.91. The van der Waals surface area contributed by atoms with E-state index in [-0.39, 0.29) is 11.7 Å². The third kappa shape index (κ3) is 6.51. The van der Waals surface area contributed by atoms with Crippen molar-refractivity contribution >= 4 is 11.6 Å². The first kappa shape index (κ1) is 18.9. The van der Waals surface area contributed by atoms with Crippen molar-refractivity contribution in [3.05, 3.63) is 59.7 Å². The molecule has 1 amide bonds. The smallest absolute Gasteiger partial charge is 0.252 e. The Morgan fingerprint density at radius 3 is 2.76 bits per heavy atom. The Hall–Kier alpha value is -2.47. The van der Waals surface area contributed by atoms with Crippen LogP contribution in [0, 0.1) is 5.82 Å². The number of rotatable bonds is 9. The molecule has 2 rings (SSSR count). The van der Waals surface area contributed by atoms with E-state index >= 15 is 0 Å². The Morgan fingerprint density at radius 2 is 2.00 bits per heavy atom. The van der Waals surface area contributed by atoms with Crippen molar-refractivity contribution < 1.29 is 9.18 Å². The molecule has 6 heteroatoms. The second-order valence-corrected chi connectivity index (χ2v) is 6.14. The predicted octanol–water partition coefficient (Wildman–Crippen LogP) is 2.56. The van der Waals surface area contributed by atoms with Crippen LogP contribution in [0.1, 0.15) is 22.3 Å². The largest absolute Gasteiger partial charge is 0.384 e. The normalized spacial score (nSPS) is 10.7. The standard InChI is InChI=1S/C19H25FN4O/c1-24(2)11-5-9-22-17-12-16(13-21-14-17)19(25)23-10-8-15-6-3-4-7-18(15)20/h3-4,6-7,12-14,22H,5,8-11H2,1-2H3,(H,23,25). The first-order valence-electron chi connectivity index (χ1n) is 8.41. The van der Waals surface area contributed by atoms with Crippen LogP contribution in [-0.2, 0) is 6.42 Å². The summed E-state index contributed by atoms with van der Waals surface area (Å²) in [5.74, 6) is -0.455.